The van der Waals surface area contributed by atoms with Gasteiger partial charge >= 0.3 is 11.9 Å². The number of rotatable bonds is 4. The quantitative estimate of drug-likeness (QED) is 0.589. The molecule has 9 heteroatoms. The van der Waals surface area contributed by atoms with Crippen molar-refractivity contribution in [1.29, 1.82) is 0 Å². The first-order valence-corrected chi connectivity index (χ1v) is 9.82. The summed E-state index contributed by atoms with van der Waals surface area (Å²) in [6.07, 6.45) is -0.427. The highest BCUT2D eigenvalue weighted by molar-refractivity contribution is 5.99. The van der Waals surface area contributed by atoms with Gasteiger partial charge in [0, 0.05) is 22.4 Å². The van der Waals surface area contributed by atoms with Crippen LogP contribution < -0.4 is 9.74 Å². The predicted molar refractivity (Wildman–Crippen MR) is 113 cm³/mol. The van der Waals surface area contributed by atoms with Gasteiger partial charge in [-0.1, -0.05) is 12.1 Å². The molecule has 0 spiro atoms. The highest BCUT2D eigenvalue weighted by Gasteiger charge is 2.44. The average molecular weight is 427 g/mol. The maximum atomic E-state index is 13.5. The zero-order chi connectivity index (χ0) is 23.0. The largest absolute Gasteiger partial charge is 0.805 e. The molecule has 2 heterocycles. The average Bonchev–Trinajstić information content (AvgIpc) is 2.71. The van der Waals surface area contributed by atoms with E-state index in [0.29, 0.717) is 20.6 Å². The number of dihydropyridines is 1. The van der Waals surface area contributed by atoms with E-state index < -0.39 is 24.0 Å². The minimum atomic E-state index is -1.15. The number of nitrogens with one attached hydrogen (secondary N) is 1. The fourth-order valence-corrected chi connectivity index (χ4v) is 3.89. The molecular weight excluding hydrogens is 402 g/mol. The summed E-state index contributed by atoms with van der Waals surface area (Å²) in [5.41, 5.74) is 1.30. The maximum Gasteiger partial charge on any atom is 0.337 e. The number of carbonyl (C=O) groups is 2. The molecule has 1 aromatic carbocycles. The standard InChI is InChI=1S/C22H25N3O6/c1-11(2)31-22(27)18-13(4)23-12(3)17(21(26)30-6)19(18)20-14(5)24(28)15-9-7-8-10-16(15)25(20)29/h7-11,19,23H,1-6H3. The number of esters is 2. The molecule has 0 radical (unpaired) electrons. The molecule has 0 aliphatic carbocycles. The second-order valence-electron chi connectivity index (χ2n) is 7.63. The summed E-state index contributed by atoms with van der Waals surface area (Å²) in [6.45, 7) is 8.17. The Labute approximate surface area is 179 Å². The summed E-state index contributed by atoms with van der Waals surface area (Å²) >= 11 is 0. The number of ether oxygens (including phenoxy) is 2. The van der Waals surface area contributed by atoms with Crippen LogP contribution in [0.25, 0.3) is 11.0 Å². The van der Waals surface area contributed by atoms with Crippen LogP contribution in [-0.2, 0) is 19.1 Å². The zero-order valence-corrected chi connectivity index (χ0v) is 18.3. The van der Waals surface area contributed by atoms with Crippen molar-refractivity contribution in [3.63, 3.8) is 0 Å². The minimum Gasteiger partial charge on any atom is -0.805 e. The maximum absolute atomic E-state index is 13.5. The van der Waals surface area contributed by atoms with E-state index in [9.17, 15) is 19.7 Å². The topological polar surface area (TPSA) is 116 Å². The number of para-hydroxylation sites is 2. The number of benzene rings is 1. The monoisotopic (exact) mass is 427 g/mol. The first-order chi connectivity index (χ1) is 14.6. The Morgan fingerprint density at radius 2 is 1.68 bits per heavy atom. The van der Waals surface area contributed by atoms with Gasteiger partial charge in [-0.25, -0.2) is 9.59 Å². The third-order valence-corrected chi connectivity index (χ3v) is 5.22. The number of methoxy groups -OCH3 is 1. The molecule has 2 aromatic rings. The number of nitrogens with zero attached hydrogens (tertiary/aromatic N) is 2. The van der Waals surface area contributed by atoms with Gasteiger partial charge in [0.05, 0.1) is 34.5 Å². The molecule has 0 amide bonds. The lowest BCUT2D eigenvalue weighted by Crippen LogP contribution is -2.38. The summed E-state index contributed by atoms with van der Waals surface area (Å²) in [5.74, 6) is -2.56. The predicted octanol–water partition coefficient (Wildman–Crippen LogP) is 2.57. The smallest absolute Gasteiger partial charge is 0.337 e. The lowest BCUT2D eigenvalue weighted by molar-refractivity contribution is -0.476. The van der Waals surface area contributed by atoms with Crippen molar-refractivity contribution in [2.24, 2.45) is 0 Å². The lowest BCUT2D eigenvalue weighted by atomic mass is 9.82. The first kappa shape index (κ1) is 22.1. The van der Waals surface area contributed by atoms with E-state index in [4.69, 9.17) is 9.47 Å². The van der Waals surface area contributed by atoms with Gasteiger partial charge in [0.15, 0.2) is 0 Å². The summed E-state index contributed by atoms with van der Waals surface area (Å²) in [5, 5.41) is 16.0. The van der Waals surface area contributed by atoms with Gasteiger partial charge in [-0.15, -0.1) is 0 Å². The van der Waals surface area contributed by atoms with Gasteiger partial charge in [-0.05, 0) is 40.7 Å². The molecule has 9 nitrogen and oxygen atoms in total. The number of hydrogen-bond acceptors (Lipinski definition) is 7. The molecule has 31 heavy (non-hydrogen) atoms. The summed E-state index contributed by atoms with van der Waals surface area (Å²) in [4.78, 5) is 39.2. The fourth-order valence-electron chi connectivity index (χ4n) is 3.89. The van der Waals surface area contributed by atoms with Gasteiger partial charge in [0.25, 0.3) is 11.2 Å². The molecule has 0 bridgehead atoms. The van der Waals surface area contributed by atoms with Crippen molar-refractivity contribution in [3.05, 3.63) is 68.3 Å². The summed E-state index contributed by atoms with van der Waals surface area (Å²) in [7, 11) is 1.21. The Morgan fingerprint density at radius 1 is 1.10 bits per heavy atom. The molecular formula is C22H25N3O6. The van der Waals surface area contributed by atoms with E-state index in [1.54, 1.807) is 39.8 Å². The molecule has 164 valence electrons. The highest BCUT2D eigenvalue weighted by atomic mass is 16.5. The molecule has 1 aliphatic heterocycles. The molecule has 0 saturated carbocycles. The van der Waals surface area contributed by atoms with Crippen LogP contribution >= 0.6 is 0 Å². The number of carbonyl (C=O) groups excluding carboxylic acids is 2. The van der Waals surface area contributed by atoms with E-state index in [1.807, 2.05) is 0 Å². The number of allylic oxidation sites excluding steroid dienone is 2. The van der Waals surface area contributed by atoms with Gasteiger partial charge in [0.1, 0.15) is 11.4 Å². The molecule has 3 rings (SSSR count). The van der Waals surface area contributed by atoms with Crippen LogP contribution in [0.1, 0.15) is 45.0 Å². The van der Waals surface area contributed by atoms with Crippen molar-refractivity contribution >= 4 is 23.0 Å². The fraction of sp³-hybridized carbons (Fsp3) is 0.364. The van der Waals surface area contributed by atoms with Crippen molar-refractivity contribution in [1.82, 2.24) is 10.0 Å². The Balaban J connectivity index is 2.42. The van der Waals surface area contributed by atoms with Crippen molar-refractivity contribution in [2.75, 3.05) is 7.11 Å². The Bertz CT molecular complexity index is 1210. The van der Waals surface area contributed by atoms with Gasteiger partial charge in [-0.3, -0.25) is 0 Å². The molecule has 1 aromatic heterocycles. The summed E-state index contributed by atoms with van der Waals surface area (Å²) < 4.78 is 11.6. The van der Waals surface area contributed by atoms with Crippen molar-refractivity contribution < 1.29 is 23.5 Å². The van der Waals surface area contributed by atoms with Crippen LogP contribution in [0.3, 0.4) is 0 Å². The highest BCUT2D eigenvalue weighted by Crippen LogP contribution is 2.39. The Kier molecular flexibility index (Phi) is 5.88. The molecule has 1 aliphatic rings. The van der Waals surface area contributed by atoms with E-state index in [-0.39, 0.29) is 33.6 Å². The molecule has 1 N–H and O–H groups in total. The van der Waals surface area contributed by atoms with Crippen molar-refractivity contribution in [3.8, 4) is 0 Å². The van der Waals surface area contributed by atoms with E-state index in [1.165, 1.54) is 26.2 Å². The van der Waals surface area contributed by atoms with Gasteiger partial charge in [0.2, 0.25) is 0 Å². The second kappa shape index (κ2) is 8.25. The van der Waals surface area contributed by atoms with Gasteiger partial charge < -0.3 is 24.7 Å². The molecule has 0 fully saturated rings. The molecule has 1 unspecified atom stereocenters. The van der Waals surface area contributed by atoms with Crippen LogP contribution in [0.5, 0.6) is 0 Å². The molecule has 1 atom stereocenters. The number of aromatic nitrogens is 2. The number of hydrogen-bond donors (Lipinski definition) is 1. The molecule has 0 saturated heterocycles. The third-order valence-electron chi connectivity index (χ3n) is 5.22. The number of fused-ring (bicyclic) bond motifs is 1. The third kappa shape index (κ3) is 3.67. The van der Waals surface area contributed by atoms with E-state index >= 15 is 0 Å². The van der Waals surface area contributed by atoms with Crippen LogP contribution in [0.4, 0.5) is 0 Å². The van der Waals surface area contributed by atoms with Crippen LogP contribution in [0.15, 0.2) is 46.8 Å². The normalized spacial score (nSPS) is 16.5. The Morgan fingerprint density at radius 3 is 2.26 bits per heavy atom. The Hall–Kier alpha value is -3.62. The minimum absolute atomic E-state index is 0.0370. The van der Waals surface area contributed by atoms with Gasteiger partial charge in [-0.2, -0.15) is 0 Å². The van der Waals surface area contributed by atoms with Crippen LogP contribution in [0, 0.1) is 17.0 Å². The van der Waals surface area contributed by atoms with Crippen LogP contribution in [-0.4, -0.2) is 29.9 Å². The lowest BCUT2D eigenvalue weighted by Gasteiger charge is -2.29. The summed E-state index contributed by atoms with van der Waals surface area (Å²) in [6, 6.07) is 6.33. The van der Waals surface area contributed by atoms with E-state index in [0.717, 1.165) is 0 Å². The van der Waals surface area contributed by atoms with Crippen LogP contribution in [0.2, 0.25) is 0 Å². The SMILES string of the molecule is COC(=O)C1=C(C)NC(C)=C(C(=O)OC(C)C)C1c1c(C)n([O-])c2ccccc2[n+]1=O. The second-order valence-corrected chi connectivity index (χ2v) is 7.63. The van der Waals surface area contributed by atoms with Crippen molar-refractivity contribution in [2.45, 2.75) is 46.6 Å². The van der Waals surface area contributed by atoms with E-state index in [2.05, 4.69) is 5.32 Å². The zero-order valence-electron chi connectivity index (χ0n) is 18.3. The first-order valence-electron chi connectivity index (χ1n) is 9.82.